The van der Waals surface area contributed by atoms with E-state index in [0.29, 0.717) is 0 Å². The van der Waals surface area contributed by atoms with E-state index in [-0.39, 0.29) is 6.04 Å². The number of pyridine rings is 1. The van der Waals surface area contributed by atoms with Gasteiger partial charge in [0.05, 0.1) is 26.0 Å². The first kappa shape index (κ1) is 18.7. The second-order valence-corrected chi connectivity index (χ2v) is 6.59. The zero-order valence-electron chi connectivity index (χ0n) is 16.0. The largest absolute Gasteiger partial charge is 0.497 e. The Hall–Kier alpha value is -2.11. The zero-order chi connectivity index (χ0) is 18.4. The van der Waals surface area contributed by atoms with Crippen LogP contribution in [-0.2, 0) is 6.42 Å². The lowest BCUT2D eigenvalue weighted by molar-refractivity contribution is 0.232. The van der Waals surface area contributed by atoms with Crippen LogP contribution in [0, 0.1) is 0 Å². The van der Waals surface area contributed by atoms with Crippen LogP contribution in [0.4, 0.5) is 0 Å². The molecule has 3 rings (SSSR count). The van der Waals surface area contributed by atoms with Crippen LogP contribution in [0.1, 0.15) is 36.2 Å². The van der Waals surface area contributed by atoms with Crippen LogP contribution in [0.25, 0.3) is 0 Å². The van der Waals surface area contributed by atoms with Gasteiger partial charge in [0.1, 0.15) is 11.5 Å². The average molecular weight is 355 g/mol. The molecule has 0 amide bonds. The fraction of sp³-hybridized carbons (Fsp3) is 0.476. The summed E-state index contributed by atoms with van der Waals surface area (Å²) in [5.74, 6) is 1.71. The molecule has 1 aliphatic rings. The van der Waals surface area contributed by atoms with E-state index in [2.05, 4.69) is 35.3 Å². The molecule has 1 atom stereocenters. The molecule has 26 heavy (non-hydrogen) atoms. The minimum atomic E-state index is 0.0471. The van der Waals surface area contributed by atoms with Crippen molar-refractivity contribution in [3.05, 3.63) is 53.3 Å². The molecule has 2 aromatic rings. The molecule has 5 heteroatoms. The van der Waals surface area contributed by atoms with Gasteiger partial charge in [-0.3, -0.25) is 9.88 Å². The third kappa shape index (κ3) is 4.17. The third-order valence-electron chi connectivity index (χ3n) is 5.01. The van der Waals surface area contributed by atoms with Gasteiger partial charge in [0.2, 0.25) is 0 Å². The van der Waals surface area contributed by atoms with E-state index in [4.69, 9.17) is 14.5 Å². The number of methoxy groups -OCH3 is 2. The summed E-state index contributed by atoms with van der Waals surface area (Å²) in [4.78, 5) is 7.30. The minimum Gasteiger partial charge on any atom is -0.497 e. The van der Waals surface area contributed by atoms with Crippen molar-refractivity contribution in [3.8, 4) is 11.5 Å². The van der Waals surface area contributed by atoms with Crippen molar-refractivity contribution in [2.45, 2.75) is 25.8 Å². The van der Waals surface area contributed by atoms with Gasteiger partial charge in [-0.15, -0.1) is 0 Å². The summed E-state index contributed by atoms with van der Waals surface area (Å²) in [5.41, 5.74) is 3.41. The summed E-state index contributed by atoms with van der Waals surface area (Å²) in [6.45, 7) is 6.19. The zero-order valence-corrected chi connectivity index (χ0v) is 16.0. The molecule has 140 valence electrons. The van der Waals surface area contributed by atoms with Crippen LogP contribution < -0.4 is 14.8 Å². The molecule has 1 unspecified atom stereocenters. The maximum Gasteiger partial charge on any atom is 0.124 e. The van der Waals surface area contributed by atoms with E-state index in [0.717, 1.165) is 61.8 Å². The summed E-state index contributed by atoms with van der Waals surface area (Å²) < 4.78 is 11.2. The summed E-state index contributed by atoms with van der Waals surface area (Å²) in [5, 5.41) is 3.49. The summed E-state index contributed by atoms with van der Waals surface area (Å²) >= 11 is 0. The molecule has 0 aliphatic carbocycles. The van der Waals surface area contributed by atoms with Crippen LogP contribution >= 0.6 is 0 Å². The highest BCUT2D eigenvalue weighted by Crippen LogP contribution is 2.36. The molecular formula is C21H29N3O2. The molecule has 2 heterocycles. The monoisotopic (exact) mass is 355 g/mol. The maximum atomic E-state index is 5.69. The molecule has 1 fully saturated rings. The first-order chi connectivity index (χ1) is 12.8. The number of benzene rings is 1. The van der Waals surface area contributed by atoms with Gasteiger partial charge in [-0.2, -0.15) is 0 Å². The molecule has 1 aromatic carbocycles. The van der Waals surface area contributed by atoms with E-state index in [9.17, 15) is 0 Å². The number of ether oxygens (including phenoxy) is 2. The lowest BCUT2D eigenvalue weighted by Gasteiger charge is -2.31. The molecule has 1 saturated heterocycles. The smallest absolute Gasteiger partial charge is 0.124 e. The molecule has 1 N–H and O–H groups in total. The Bertz CT molecular complexity index is 695. The van der Waals surface area contributed by atoms with Crippen molar-refractivity contribution < 1.29 is 9.47 Å². The minimum absolute atomic E-state index is 0.0471. The van der Waals surface area contributed by atoms with Gasteiger partial charge < -0.3 is 14.8 Å². The van der Waals surface area contributed by atoms with Gasteiger partial charge in [0, 0.05) is 31.4 Å². The van der Waals surface area contributed by atoms with Crippen molar-refractivity contribution in [1.82, 2.24) is 15.2 Å². The normalized spacial score (nSPS) is 16.7. The maximum absolute atomic E-state index is 5.69. The Kier molecular flexibility index (Phi) is 6.47. The van der Waals surface area contributed by atoms with E-state index in [1.54, 1.807) is 14.2 Å². The van der Waals surface area contributed by atoms with Gasteiger partial charge >= 0.3 is 0 Å². The summed E-state index contributed by atoms with van der Waals surface area (Å²) in [6, 6.07) is 10.4. The Morgan fingerprint density at radius 1 is 1.12 bits per heavy atom. The van der Waals surface area contributed by atoms with Crippen molar-refractivity contribution >= 4 is 0 Å². The summed E-state index contributed by atoms with van der Waals surface area (Å²) in [6.07, 6.45) is 4.11. The van der Waals surface area contributed by atoms with Crippen molar-refractivity contribution in [2.75, 3.05) is 40.4 Å². The van der Waals surface area contributed by atoms with Gasteiger partial charge in [-0.25, -0.2) is 0 Å². The fourth-order valence-electron chi connectivity index (χ4n) is 3.53. The lowest BCUT2D eigenvalue weighted by Crippen LogP contribution is -2.33. The fourth-order valence-corrected chi connectivity index (χ4v) is 3.53. The Labute approximate surface area is 156 Å². The standard InChI is InChI=1S/C21H29N3O2/c1-4-16-6-8-19(23-15-16)21(24-12-5-10-22-11-13-24)18-14-17(25-2)7-9-20(18)26-3/h6-9,14-15,21-22H,4-5,10-13H2,1-3H3. The number of nitrogens with one attached hydrogen (secondary N) is 1. The highest BCUT2D eigenvalue weighted by Gasteiger charge is 2.27. The molecule has 0 saturated carbocycles. The van der Waals surface area contributed by atoms with Crippen LogP contribution in [0.5, 0.6) is 11.5 Å². The molecule has 5 nitrogen and oxygen atoms in total. The first-order valence-electron chi connectivity index (χ1n) is 9.38. The van der Waals surface area contributed by atoms with E-state index < -0.39 is 0 Å². The molecule has 0 radical (unpaired) electrons. The predicted molar refractivity (Wildman–Crippen MR) is 104 cm³/mol. The number of rotatable bonds is 6. The van der Waals surface area contributed by atoms with Crippen LogP contribution in [0.2, 0.25) is 0 Å². The second-order valence-electron chi connectivity index (χ2n) is 6.59. The Balaban J connectivity index is 2.07. The van der Waals surface area contributed by atoms with Gasteiger partial charge in [-0.05, 0) is 49.2 Å². The van der Waals surface area contributed by atoms with Gasteiger partial charge in [0.15, 0.2) is 0 Å². The number of nitrogens with zero attached hydrogens (tertiary/aromatic N) is 2. The van der Waals surface area contributed by atoms with Gasteiger partial charge in [-0.1, -0.05) is 13.0 Å². The number of hydrogen-bond acceptors (Lipinski definition) is 5. The molecule has 0 bridgehead atoms. The van der Waals surface area contributed by atoms with E-state index in [1.807, 2.05) is 18.3 Å². The van der Waals surface area contributed by atoms with Crippen molar-refractivity contribution in [1.29, 1.82) is 0 Å². The molecule has 0 spiro atoms. The second kappa shape index (κ2) is 9.01. The molecular weight excluding hydrogens is 326 g/mol. The van der Waals surface area contributed by atoms with Crippen LogP contribution in [0.3, 0.4) is 0 Å². The topological polar surface area (TPSA) is 46.6 Å². The Morgan fingerprint density at radius 2 is 2.00 bits per heavy atom. The molecule has 1 aliphatic heterocycles. The van der Waals surface area contributed by atoms with E-state index >= 15 is 0 Å². The SMILES string of the molecule is CCc1ccc(C(c2cc(OC)ccc2OC)N2CCCNCC2)nc1. The summed E-state index contributed by atoms with van der Waals surface area (Å²) in [7, 11) is 3.42. The van der Waals surface area contributed by atoms with Crippen molar-refractivity contribution in [2.24, 2.45) is 0 Å². The Morgan fingerprint density at radius 3 is 2.69 bits per heavy atom. The third-order valence-corrected chi connectivity index (χ3v) is 5.01. The number of aromatic nitrogens is 1. The highest BCUT2D eigenvalue weighted by atomic mass is 16.5. The number of hydrogen-bond donors (Lipinski definition) is 1. The average Bonchev–Trinajstić information content (AvgIpc) is 2.98. The molecule has 1 aromatic heterocycles. The number of aryl methyl sites for hydroxylation is 1. The van der Waals surface area contributed by atoms with Crippen LogP contribution in [0.15, 0.2) is 36.5 Å². The highest BCUT2D eigenvalue weighted by molar-refractivity contribution is 5.45. The lowest BCUT2D eigenvalue weighted by atomic mass is 9.98. The first-order valence-corrected chi connectivity index (χ1v) is 9.38. The quantitative estimate of drug-likeness (QED) is 0.863. The van der Waals surface area contributed by atoms with Crippen LogP contribution in [-0.4, -0.2) is 50.3 Å². The van der Waals surface area contributed by atoms with Crippen molar-refractivity contribution in [3.63, 3.8) is 0 Å². The predicted octanol–water partition coefficient (Wildman–Crippen LogP) is 3.05. The van der Waals surface area contributed by atoms with E-state index in [1.165, 1.54) is 5.56 Å². The van der Waals surface area contributed by atoms with Gasteiger partial charge in [0.25, 0.3) is 0 Å².